The van der Waals surface area contributed by atoms with E-state index in [0.29, 0.717) is 0 Å². The molecule has 1 aromatic rings. The van der Waals surface area contributed by atoms with E-state index in [1.807, 2.05) is 25.1 Å². The number of hydrogen-bond acceptors (Lipinski definition) is 2. The monoisotopic (exact) mass is 160 g/mol. The molecule has 0 saturated carbocycles. The average molecular weight is 160 g/mol. The Balaban J connectivity index is 2.40. The Bertz CT molecular complexity index is 261. The van der Waals surface area contributed by atoms with Crippen molar-refractivity contribution < 1.29 is 0 Å². The van der Waals surface area contributed by atoms with Gasteiger partial charge in [0.15, 0.2) is 0 Å². The second-order valence-electron chi connectivity index (χ2n) is 2.89. The number of rotatable bonds is 3. The smallest absolute Gasteiger partial charge is 0.0652 e. The molecule has 0 aliphatic heterocycles. The summed E-state index contributed by atoms with van der Waals surface area (Å²) in [6.07, 6.45) is 3.58. The molecule has 0 N–H and O–H groups in total. The predicted molar refractivity (Wildman–Crippen MR) is 47.3 cm³/mol. The Hall–Kier alpha value is -1.36. The van der Waals surface area contributed by atoms with Gasteiger partial charge in [-0.3, -0.25) is 4.98 Å². The maximum Gasteiger partial charge on any atom is 0.0652 e. The molecule has 0 bridgehead atoms. The van der Waals surface area contributed by atoms with Gasteiger partial charge in [0.2, 0.25) is 0 Å². The Morgan fingerprint density at radius 3 is 3.00 bits per heavy atom. The van der Waals surface area contributed by atoms with Crippen LogP contribution in [0.25, 0.3) is 0 Å². The maximum atomic E-state index is 8.54. The molecule has 0 unspecified atom stereocenters. The summed E-state index contributed by atoms with van der Waals surface area (Å²) in [7, 11) is 0. The van der Waals surface area contributed by atoms with Gasteiger partial charge >= 0.3 is 0 Å². The highest BCUT2D eigenvalue weighted by molar-refractivity contribution is 5.03. The van der Waals surface area contributed by atoms with Crippen molar-refractivity contribution >= 4 is 0 Å². The van der Waals surface area contributed by atoms with Gasteiger partial charge in [-0.05, 0) is 31.9 Å². The third-order valence-electron chi connectivity index (χ3n) is 1.78. The van der Waals surface area contributed by atoms with Crippen LogP contribution in [0.3, 0.4) is 0 Å². The molecule has 0 aliphatic rings. The quantitative estimate of drug-likeness (QED) is 0.679. The van der Waals surface area contributed by atoms with Crippen molar-refractivity contribution in [1.82, 2.24) is 4.98 Å². The first-order valence-corrected chi connectivity index (χ1v) is 4.12. The van der Waals surface area contributed by atoms with Crippen LogP contribution in [0.2, 0.25) is 0 Å². The standard InChI is InChI=1S/C10H12N2/c1-9(8-11)5-6-10-4-2-3-7-12-10/h2-4,7,9H,5-6H2,1H3/t9-/m1/s1. The molecule has 0 radical (unpaired) electrons. The fourth-order valence-electron chi connectivity index (χ4n) is 0.975. The van der Waals surface area contributed by atoms with Crippen LogP contribution in [0.1, 0.15) is 19.0 Å². The summed E-state index contributed by atoms with van der Waals surface area (Å²) in [5, 5.41) is 8.54. The Kier molecular flexibility index (Phi) is 3.28. The molecule has 0 aliphatic carbocycles. The molecular weight excluding hydrogens is 148 g/mol. The highest BCUT2D eigenvalue weighted by Crippen LogP contribution is 2.05. The third-order valence-corrected chi connectivity index (χ3v) is 1.78. The van der Waals surface area contributed by atoms with Crippen LogP contribution >= 0.6 is 0 Å². The molecule has 62 valence electrons. The van der Waals surface area contributed by atoms with Crippen molar-refractivity contribution in [3.8, 4) is 6.07 Å². The van der Waals surface area contributed by atoms with Crippen molar-refractivity contribution in [1.29, 1.82) is 5.26 Å². The summed E-state index contributed by atoms with van der Waals surface area (Å²) in [6, 6.07) is 8.07. The SMILES string of the molecule is C[C@@H](C#N)CCc1ccccn1. The van der Waals surface area contributed by atoms with Gasteiger partial charge in [0.25, 0.3) is 0 Å². The summed E-state index contributed by atoms with van der Waals surface area (Å²) < 4.78 is 0. The lowest BCUT2D eigenvalue weighted by Crippen LogP contribution is -1.95. The van der Waals surface area contributed by atoms with E-state index in [2.05, 4.69) is 11.1 Å². The number of nitriles is 1. The number of aryl methyl sites for hydroxylation is 1. The van der Waals surface area contributed by atoms with Crippen LogP contribution < -0.4 is 0 Å². The zero-order valence-corrected chi connectivity index (χ0v) is 7.20. The molecule has 1 atom stereocenters. The zero-order valence-electron chi connectivity index (χ0n) is 7.20. The summed E-state index contributed by atoms with van der Waals surface area (Å²) in [5.74, 6) is 0.131. The van der Waals surface area contributed by atoms with Crippen LogP contribution in [-0.4, -0.2) is 4.98 Å². The molecule has 0 spiro atoms. The van der Waals surface area contributed by atoms with Gasteiger partial charge in [0.1, 0.15) is 0 Å². The molecule has 0 amide bonds. The van der Waals surface area contributed by atoms with Crippen LogP contribution in [0, 0.1) is 17.2 Å². The molecule has 0 fully saturated rings. The fourth-order valence-corrected chi connectivity index (χ4v) is 0.975. The lowest BCUT2D eigenvalue weighted by Gasteiger charge is -2.00. The van der Waals surface area contributed by atoms with E-state index in [1.54, 1.807) is 6.20 Å². The molecule has 2 heteroatoms. The number of pyridine rings is 1. The van der Waals surface area contributed by atoms with Crippen molar-refractivity contribution in [2.75, 3.05) is 0 Å². The second kappa shape index (κ2) is 4.50. The van der Waals surface area contributed by atoms with Crippen LogP contribution in [-0.2, 0) is 6.42 Å². The normalized spacial score (nSPS) is 12.0. The van der Waals surface area contributed by atoms with Gasteiger partial charge in [0, 0.05) is 17.8 Å². The lowest BCUT2D eigenvalue weighted by atomic mass is 10.1. The summed E-state index contributed by atoms with van der Waals surface area (Å²) in [5.41, 5.74) is 1.07. The first kappa shape index (κ1) is 8.73. The molecule has 1 rings (SSSR count). The Morgan fingerprint density at radius 2 is 2.42 bits per heavy atom. The van der Waals surface area contributed by atoms with Gasteiger partial charge in [-0.25, -0.2) is 0 Å². The van der Waals surface area contributed by atoms with Crippen molar-refractivity contribution in [3.05, 3.63) is 30.1 Å². The molecule has 1 aromatic heterocycles. The van der Waals surface area contributed by atoms with Crippen molar-refractivity contribution in [2.24, 2.45) is 5.92 Å². The molecular formula is C10H12N2. The molecule has 1 heterocycles. The topological polar surface area (TPSA) is 36.7 Å². The Labute approximate surface area is 72.9 Å². The summed E-state index contributed by atoms with van der Waals surface area (Å²) in [4.78, 5) is 4.18. The highest BCUT2D eigenvalue weighted by atomic mass is 14.7. The van der Waals surface area contributed by atoms with Gasteiger partial charge < -0.3 is 0 Å². The van der Waals surface area contributed by atoms with E-state index in [1.165, 1.54) is 0 Å². The van der Waals surface area contributed by atoms with E-state index in [-0.39, 0.29) is 5.92 Å². The van der Waals surface area contributed by atoms with Crippen molar-refractivity contribution in [3.63, 3.8) is 0 Å². The minimum Gasteiger partial charge on any atom is -0.261 e. The van der Waals surface area contributed by atoms with Gasteiger partial charge in [-0.1, -0.05) is 6.07 Å². The van der Waals surface area contributed by atoms with Gasteiger partial charge in [0.05, 0.1) is 6.07 Å². The van der Waals surface area contributed by atoms with E-state index in [0.717, 1.165) is 18.5 Å². The summed E-state index contributed by atoms with van der Waals surface area (Å²) >= 11 is 0. The second-order valence-corrected chi connectivity index (χ2v) is 2.89. The van der Waals surface area contributed by atoms with E-state index >= 15 is 0 Å². The minimum atomic E-state index is 0.131. The highest BCUT2D eigenvalue weighted by Gasteiger charge is 1.99. The van der Waals surface area contributed by atoms with Crippen LogP contribution in [0.4, 0.5) is 0 Å². The van der Waals surface area contributed by atoms with E-state index in [4.69, 9.17) is 5.26 Å². The molecule has 0 saturated heterocycles. The number of aromatic nitrogens is 1. The third kappa shape index (κ3) is 2.71. The molecule has 12 heavy (non-hydrogen) atoms. The first-order valence-electron chi connectivity index (χ1n) is 4.12. The predicted octanol–water partition coefficient (Wildman–Crippen LogP) is 2.17. The van der Waals surface area contributed by atoms with E-state index in [9.17, 15) is 0 Å². The van der Waals surface area contributed by atoms with E-state index < -0.39 is 0 Å². The molecule has 2 nitrogen and oxygen atoms in total. The fraction of sp³-hybridized carbons (Fsp3) is 0.400. The van der Waals surface area contributed by atoms with Crippen LogP contribution in [0.15, 0.2) is 24.4 Å². The average Bonchev–Trinajstić information content (AvgIpc) is 2.16. The lowest BCUT2D eigenvalue weighted by molar-refractivity contribution is 0.652. The van der Waals surface area contributed by atoms with Crippen molar-refractivity contribution in [2.45, 2.75) is 19.8 Å². The van der Waals surface area contributed by atoms with Crippen LogP contribution in [0.5, 0.6) is 0 Å². The Morgan fingerprint density at radius 1 is 1.58 bits per heavy atom. The summed E-state index contributed by atoms with van der Waals surface area (Å²) in [6.45, 7) is 1.93. The minimum absolute atomic E-state index is 0.131. The number of hydrogen-bond donors (Lipinski definition) is 0. The number of nitrogens with zero attached hydrogens (tertiary/aromatic N) is 2. The zero-order chi connectivity index (χ0) is 8.81. The van der Waals surface area contributed by atoms with Gasteiger partial charge in [-0.2, -0.15) is 5.26 Å². The molecule has 0 aromatic carbocycles. The largest absolute Gasteiger partial charge is 0.261 e. The first-order chi connectivity index (χ1) is 5.83. The van der Waals surface area contributed by atoms with Gasteiger partial charge in [-0.15, -0.1) is 0 Å². The maximum absolute atomic E-state index is 8.54.